The predicted octanol–water partition coefficient (Wildman–Crippen LogP) is 4.60. The fraction of sp³-hybridized carbons (Fsp3) is 0.474. The quantitative estimate of drug-likeness (QED) is 0.749. The molecule has 1 aromatic heterocycles. The van der Waals surface area contributed by atoms with Crippen LogP contribution in [0.4, 0.5) is 0 Å². The molecule has 1 aromatic carbocycles. The van der Waals surface area contributed by atoms with Crippen LogP contribution < -0.4 is 11.1 Å². The molecule has 1 unspecified atom stereocenters. The van der Waals surface area contributed by atoms with Crippen molar-refractivity contribution in [3.63, 3.8) is 0 Å². The van der Waals surface area contributed by atoms with Crippen molar-refractivity contribution in [1.29, 1.82) is 0 Å². The zero-order chi connectivity index (χ0) is 16.9. The van der Waals surface area contributed by atoms with Crippen molar-refractivity contribution in [3.05, 3.63) is 40.9 Å². The lowest BCUT2D eigenvalue weighted by molar-refractivity contribution is 0.0915. The molecule has 2 aromatic rings. The number of benzene rings is 1. The van der Waals surface area contributed by atoms with Gasteiger partial charge in [-0.05, 0) is 37.8 Å². The van der Waals surface area contributed by atoms with Gasteiger partial charge in [0, 0.05) is 34.8 Å². The van der Waals surface area contributed by atoms with E-state index in [1.165, 1.54) is 32.1 Å². The van der Waals surface area contributed by atoms with E-state index in [0.717, 1.165) is 16.3 Å². The van der Waals surface area contributed by atoms with Crippen molar-refractivity contribution in [2.45, 2.75) is 45.1 Å². The number of nitrogens with two attached hydrogens (primary N) is 1. The smallest absolute Gasteiger partial charge is 0.251 e. The molecule has 1 aliphatic rings. The number of hydrogen-bond acceptors (Lipinski definition) is 4. The summed E-state index contributed by atoms with van der Waals surface area (Å²) in [5.41, 5.74) is 8.60. The average molecular weight is 416 g/mol. The van der Waals surface area contributed by atoms with Gasteiger partial charge >= 0.3 is 0 Å². The van der Waals surface area contributed by atoms with Crippen LogP contribution in [0.25, 0.3) is 10.6 Å². The van der Waals surface area contributed by atoms with E-state index in [1.54, 1.807) is 11.3 Å². The minimum absolute atomic E-state index is 0. The summed E-state index contributed by atoms with van der Waals surface area (Å²) in [7, 11) is 0. The van der Waals surface area contributed by atoms with Gasteiger partial charge in [-0.25, -0.2) is 4.98 Å². The summed E-state index contributed by atoms with van der Waals surface area (Å²) in [6.07, 6.45) is 6.13. The highest BCUT2D eigenvalue weighted by Crippen LogP contribution is 2.27. The molecule has 0 bridgehead atoms. The lowest BCUT2D eigenvalue weighted by atomic mass is 9.84. The van der Waals surface area contributed by atoms with E-state index in [9.17, 15) is 4.79 Å². The lowest BCUT2D eigenvalue weighted by Crippen LogP contribution is -2.45. The van der Waals surface area contributed by atoms with Crippen LogP contribution in [0.5, 0.6) is 0 Å². The maximum Gasteiger partial charge on any atom is 0.251 e. The Morgan fingerprint density at radius 1 is 1.31 bits per heavy atom. The fourth-order valence-electron chi connectivity index (χ4n) is 3.44. The lowest BCUT2D eigenvalue weighted by Gasteiger charge is -2.30. The minimum atomic E-state index is -0.0360. The normalized spacial score (nSPS) is 15.5. The van der Waals surface area contributed by atoms with Crippen LogP contribution in [0, 0.1) is 12.8 Å². The van der Waals surface area contributed by atoms with E-state index in [-0.39, 0.29) is 36.8 Å². The number of nitrogens with one attached hydrogen (secondary N) is 1. The van der Waals surface area contributed by atoms with Gasteiger partial charge in [-0.1, -0.05) is 31.4 Å². The van der Waals surface area contributed by atoms with Gasteiger partial charge < -0.3 is 11.1 Å². The number of rotatable bonds is 5. The van der Waals surface area contributed by atoms with Crippen molar-refractivity contribution in [2.24, 2.45) is 11.7 Å². The fourth-order valence-corrected chi connectivity index (χ4v) is 4.23. The minimum Gasteiger partial charge on any atom is -0.348 e. The molecule has 3 rings (SSSR count). The summed E-state index contributed by atoms with van der Waals surface area (Å²) in [4.78, 5) is 17.2. The average Bonchev–Trinajstić information content (AvgIpc) is 3.07. The summed E-state index contributed by atoms with van der Waals surface area (Å²) in [6.45, 7) is 2.48. The molecule has 0 radical (unpaired) electrons. The number of carbonyl (C=O) groups is 1. The highest BCUT2D eigenvalue weighted by Gasteiger charge is 2.24. The molecule has 1 heterocycles. The Morgan fingerprint density at radius 3 is 2.65 bits per heavy atom. The second-order valence-electron chi connectivity index (χ2n) is 6.59. The summed E-state index contributed by atoms with van der Waals surface area (Å²) in [5, 5.41) is 6.13. The van der Waals surface area contributed by atoms with Crippen molar-refractivity contribution >= 4 is 42.1 Å². The van der Waals surface area contributed by atoms with Gasteiger partial charge in [0.15, 0.2) is 0 Å². The topological polar surface area (TPSA) is 68.0 Å². The van der Waals surface area contributed by atoms with Gasteiger partial charge in [0.1, 0.15) is 5.01 Å². The standard InChI is InChI=1S/C19H25N3OS.2ClH/c1-13-12-24-19(21-13)16-9-5-8-15(10-16)18(23)22-17(11-20)14-6-3-2-4-7-14;;/h5,8-10,12,14,17H,2-4,6-7,11,20H2,1H3,(H,22,23);2*1H. The van der Waals surface area contributed by atoms with Gasteiger partial charge in [-0.2, -0.15) is 0 Å². The van der Waals surface area contributed by atoms with Crippen LogP contribution in [0.3, 0.4) is 0 Å². The Bertz CT molecular complexity index is 702. The zero-order valence-electron chi connectivity index (χ0n) is 14.9. The van der Waals surface area contributed by atoms with Crippen molar-refractivity contribution in [2.75, 3.05) is 6.54 Å². The molecule has 26 heavy (non-hydrogen) atoms. The van der Waals surface area contributed by atoms with Crippen LogP contribution >= 0.6 is 36.2 Å². The Hall–Kier alpha value is -1.14. The predicted molar refractivity (Wildman–Crippen MR) is 114 cm³/mol. The molecule has 7 heteroatoms. The van der Waals surface area contributed by atoms with E-state index in [0.29, 0.717) is 18.0 Å². The maximum absolute atomic E-state index is 12.7. The molecule has 3 N–H and O–H groups in total. The molecule has 1 amide bonds. The Labute approximate surface area is 171 Å². The van der Waals surface area contributed by atoms with Gasteiger partial charge in [-0.15, -0.1) is 36.2 Å². The second kappa shape index (κ2) is 10.9. The molecule has 1 saturated carbocycles. The maximum atomic E-state index is 12.7. The molecule has 0 aliphatic heterocycles. The van der Waals surface area contributed by atoms with E-state index < -0.39 is 0 Å². The van der Waals surface area contributed by atoms with E-state index in [1.807, 2.05) is 36.6 Å². The third kappa shape index (κ3) is 5.68. The summed E-state index contributed by atoms with van der Waals surface area (Å²) in [5.74, 6) is 0.476. The molecule has 4 nitrogen and oxygen atoms in total. The molecule has 144 valence electrons. The summed E-state index contributed by atoms with van der Waals surface area (Å²) >= 11 is 1.60. The van der Waals surface area contributed by atoms with Crippen molar-refractivity contribution in [1.82, 2.24) is 10.3 Å². The summed E-state index contributed by atoms with van der Waals surface area (Å²) in [6, 6.07) is 7.76. The SMILES string of the molecule is Cc1csc(-c2cccc(C(=O)NC(CN)C3CCCCC3)c2)n1.Cl.Cl. The van der Waals surface area contributed by atoms with Gasteiger partial charge in [0.2, 0.25) is 0 Å². The van der Waals surface area contributed by atoms with Gasteiger partial charge in [0.25, 0.3) is 5.91 Å². The molecule has 0 spiro atoms. The first kappa shape index (κ1) is 22.9. The number of nitrogens with zero attached hydrogens (tertiary/aromatic N) is 1. The van der Waals surface area contributed by atoms with E-state index in [2.05, 4.69) is 10.3 Å². The highest BCUT2D eigenvalue weighted by molar-refractivity contribution is 7.13. The van der Waals surface area contributed by atoms with Gasteiger partial charge in [0.05, 0.1) is 0 Å². The third-order valence-corrected chi connectivity index (χ3v) is 5.79. The molecule has 0 saturated heterocycles. The van der Waals surface area contributed by atoms with Gasteiger partial charge in [-0.3, -0.25) is 4.79 Å². The highest BCUT2D eigenvalue weighted by atomic mass is 35.5. The largest absolute Gasteiger partial charge is 0.348 e. The number of amides is 1. The van der Waals surface area contributed by atoms with E-state index in [4.69, 9.17) is 5.73 Å². The van der Waals surface area contributed by atoms with E-state index >= 15 is 0 Å². The Kier molecular flexibility index (Phi) is 9.58. The van der Waals surface area contributed by atoms with Crippen molar-refractivity contribution < 1.29 is 4.79 Å². The second-order valence-corrected chi connectivity index (χ2v) is 7.45. The Balaban J connectivity index is 0.00000169. The summed E-state index contributed by atoms with van der Waals surface area (Å²) < 4.78 is 0. The number of aryl methyl sites for hydroxylation is 1. The Morgan fingerprint density at radius 2 is 2.04 bits per heavy atom. The molecule has 1 atom stereocenters. The van der Waals surface area contributed by atoms with Crippen LogP contribution in [0.15, 0.2) is 29.6 Å². The zero-order valence-corrected chi connectivity index (χ0v) is 17.4. The number of halogens is 2. The van der Waals surface area contributed by atoms with Crippen molar-refractivity contribution in [3.8, 4) is 10.6 Å². The molecule has 1 fully saturated rings. The number of aromatic nitrogens is 1. The first-order valence-corrected chi connectivity index (χ1v) is 9.59. The van der Waals surface area contributed by atoms with Crippen LogP contribution in [-0.2, 0) is 0 Å². The first-order valence-electron chi connectivity index (χ1n) is 8.71. The molecule has 1 aliphatic carbocycles. The van der Waals surface area contributed by atoms with Crippen LogP contribution in [0.1, 0.15) is 48.2 Å². The third-order valence-electron chi connectivity index (χ3n) is 4.78. The number of hydrogen-bond donors (Lipinski definition) is 2. The first-order chi connectivity index (χ1) is 11.7. The number of carbonyl (C=O) groups excluding carboxylic acids is 1. The molecular formula is C19H27Cl2N3OS. The molecular weight excluding hydrogens is 389 g/mol. The van der Waals surface area contributed by atoms with Crippen LogP contribution in [-0.4, -0.2) is 23.5 Å². The van der Waals surface area contributed by atoms with Crippen LogP contribution in [0.2, 0.25) is 0 Å². The monoisotopic (exact) mass is 415 g/mol. The number of thiazole rings is 1.